The molecule has 3 aromatic rings. The van der Waals surface area contributed by atoms with E-state index in [4.69, 9.17) is 5.73 Å². The maximum atomic E-state index is 14.0. The van der Waals surface area contributed by atoms with Crippen LogP contribution in [0.15, 0.2) is 47.5 Å². The van der Waals surface area contributed by atoms with Gasteiger partial charge in [-0.2, -0.15) is 0 Å². The number of rotatable bonds is 2. The lowest BCUT2D eigenvalue weighted by Gasteiger charge is -2.15. The number of benzene rings is 1. The van der Waals surface area contributed by atoms with E-state index in [1.807, 2.05) is 0 Å². The van der Waals surface area contributed by atoms with Gasteiger partial charge >= 0.3 is 0 Å². The Kier molecular flexibility index (Phi) is 3.23. The smallest absolute Gasteiger partial charge is 0.269 e. The molecule has 0 amide bonds. The molecule has 5 nitrogen and oxygen atoms in total. The van der Waals surface area contributed by atoms with Gasteiger partial charge in [0.1, 0.15) is 17.0 Å². The monoisotopic (exact) mass is 284 g/mol. The summed E-state index contributed by atoms with van der Waals surface area (Å²) in [7, 11) is 0. The van der Waals surface area contributed by atoms with Crippen LogP contribution in [-0.4, -0.2) is 14.5 Å². The molecule has 21 heavy (non-hydrogen) atoms. The van der Waals surface area contributed by atoms with E-state index in [1.54, 1.807) is 31.3 Å². The van der Waals surface area contributed by atoms with E-state index in [0.29, 0.717) is 17.0 Å². The summed E-state index contributed by atoms with van der Waals surface area (Å²) in [6, 6.07) is 7.27. The summed E-state index contributed by atoms with van der Waals surface area (Å²) in [6.45, 7) is 1.72. The van der Waals surface area contributed by atoms with Gasteiger partial charge in [-0.05, 0) is 31.2 Å². The van der Waals surface area contributed by atoms with E-state index in [9.17, 15) is 9.18 Å². The largest absolute Gasteiger partial charge is 0.322 e. The van der Waals surface area contributed by atoms with E-state index in [0.717, 1.165) is 0 Å². The van der Waals surface area contributed by atoms with E-state index >= 15 is 0 Å². The molecule has 2 N–H and O–H groups in total. The summed E-state index contributed by atoms with van der Waals surface area (Å²) in [5, 5.41) is -0.0502. The van der Waals surface area contributed by atoms with Gasteiger partial charge in [0, 0.05) is 6.20 Å². The summed E-state index contributed by atoms with van der Waals surface area (Å²) in [4.78, 5) is 21.0. The molecule has 2 heterocycles. The van der Waals surface area contributed by atoms with Crippen molar-refractivity contribution < 1.29 is 4.39 Å². The molecule has 0 aliphatic heterocycles. The number of nitrogens with two attached hydrogens (primary N) is 1. The summed E-state index contributed by atoms with van der Waals surface area (Å²) >= 11 is 0. The van der Waals surface area contributed by atoms with Crippen molar-refractivity contribution in [1.29, 1.82) is 0 Å². The Morgan fingerprint density at radius 2 is 2.10 bits per heavy atom. The third-order valence-electron chi connectivity index (χ3n) is 3.18. The summed E-state index contributed by atoms with van der Waals surface area (Å²) < 4.78 is 15.3. The summed E-state index contributed by atoms with van der Waals surface area (Å²) in [5.74, 6) is -0.232. The second-order valence-electron chi connectivity index (χ2n) is 4.74. The fraction of sp³-hybridized carbons (Fsp3) is 0.133. The van der Waals surface area contributed by atoms with Crippen LogP contribution in [0.1, 0.15) is 18.8 Å². The standard InChI is InChI=1S/C15H13FN4O/c1-9(17)14-19-12-6-2-5-11(16)13(12)15(21)20(14)10-4-3-7-18-8-10/h2-9H,17H2,1H3. The van der Waals surface area contributed by atoms with Crippen LogP contribution >= 0.6 is 0 Å². The van der Waals surface area contributed by atoms with Gasteiger partial charge in [-0.25, -0.2) is 9.37 Å². The molecule has 0 radical (unpaired) electrons. The van der Waals surface area contributed by atoms with Crippen molar-refractivity contribution in [3.8, 4) is 5.69 Å². The van der Waals surface area contributed by atoms with Crippen LogP contribution in [0.5, 0.6) is 0 Å². The minimum atomic E-state index is -0.598. The molecule has 6 heteroatoms. The molecule has 1 aromatic carbocycles. The molecule has 1 unspecified atom stereocenters. The number of halogens is 1. The van der Waals surface area contributed by atoms with Crippen LogP contribution in [0.2, 0.25) is 0 Å². The predicted molar refractivity (Wildman–Crippen MR) is 77.7 cm³/mol. The van der Waals surface area contributed by atoms with Crippen molar-refractivity contribution in [2.45, 2.75) is 13.0 Å². The summed E-state index contributed by atoms with van der Waals surface area (Å²) in [6.07, 6.45) is 3.11. The van der Waals surface area contributed by atoms with Crippen molar-refractivity contribution in [3.63, 3.8) is 0 Å². The number of aromatic nitrogens is 3. The van der Waals surface area contributed by atoms with Gasteiger partial charge in [0.15, 0.2) is 0 Å². The van der Waals surface area contributed by atoms with Crippen molar-refractivity contribution in [3.05, 3.63) is 64.7 Å². The zero-order chi connectivity index (χ0) is 15.0. The number of nitrogens with zero attached hydrogens (tertiary/aromatic N) is 3. The lowest BCUT2D eigenvalue weighted by Crippen LogP contribution is -2.28. The molecule has 0 saturated carbocycles. The van der Waals surface area contributed by atoms with E-state index in [2.05, 4.69) is 9.97 Å². The van der Waals surface area contributed by atoms with Crippen LogP contribution < -0.4 is 11.3 Å². The third-order valence-corrected chi connectivity index (χ3v) is 3.18. The van der Waals surface area contributed by atoms with Crippen molar-refractivity contribution in [2.75, 3.05) is 0 Å². The highest BCUT2D eigenvalue weighted by Crippen LogP contribution is 2.17. The average Bonchev–Trinajstić information content (AvgIpc) is 2.47. The van der Waals surface area contributed by atoms with Crippen LogP contribution in [0.25, 0.3) is 16.6 Å². The Morgan fingerprint density at radius 3 is 2.76 bits per heavy atom. The van der Waals surface area contributed by atoms with Crippen molar-refractivity contribution in [1.82, 2.24) is 14.5 Å². The molecule has 0 aliphatic rings. The maximum absolute atomic E-state index is 14.0. The quantitative estimate of drug-likeness (QED) is 0.780. The minimum Gasteiger partial charge on any atom is -0.322 e. The fourth-order valence-corrected chi connectivity index (χ4v) is 2.25. The Morgan fingerprint density at radius 1 is 1.29 bits per heavy atom. The molecule has 2 aromatic heterocycles. The van der Waals surface area contributed by atoms with E-state index < -0.39 is 17.4 Å². The van der Waals surface area contributed by atoms with Gasteiger partial charge in [0.05, 0.1) is 23.4 Å². The first-order valence-corrected chi connectivity index (χ1v) is 6.46. The Balaban J connectivity index is 2.47. The second kappa shape index (κ2) is 5.06. The maximum Gasteiger partial charge on any atom is 0.269 e. The first-order valence-electron chi connectivity index (χ1n) is 6.46. The Bertz CT molecular complexity index is 859. The molecule has 0 bridgehead atoms. The van der Waals surface area contributed by atoms with Crippen LogP contribution in [0.4, 0.5) is 4.39 Å². The molecule has 0 spiro atoms. The van der Waals surface area contributed by atoms with Crippen LogP contribution in [0.3, 0.4) is 0 Å². The average molecular weight is 284 g/mol. The van der Waals surface area contributed by atoms with E-state index in [-0.39, 0.29) is 5.39 Å². The first kappa shape index (κ1) is 13.4. The number of fused-ring (bicyclic) bond motifs is 1. The Hall–Kier alpha value is -2.60. The third kappa shape index (κ3) is 2.19. The first-order chi connectivity index (χ1) is 10.1. The van der Waals surface area contributed by atoms with Crippen LogP contribution in [-0.2, 0) is 0 Å². The van der Waals surface area contributed by atoms with Crippen molar-refractivity contribution >= 4 is 10.9 Å². The second-order valence-corrected chi connectivity index (χ2v) is 4.74. The molecular formula is C15H13FN4O. The molecular weight excluding hydrogens is 271 g/mol. The van der Waals surface area contributed by atoms with Gasteiger partial charge in [0.25, 0.3) is 5.56 Å². The topological polar surface area (TPSA) is 73.8 Å². The highest BCUT2D eigenvalue weighted by Gasteiger charge is 2.17. The lowest BCUT2D eigenvalue weighted by molar-refractivity contribution is 0.633. The van der Waals surface area contributed by atoms with Gasteiger partial charge < -0.3 is 5.73 Å². The molecule has 0 saturated heterocycles. The zero-order valence-corrected chi connectivity index (χ0v) is 11.3. The minimum absolute atomic E-state index is 0.0502. The van der Waals surface area contributed by atoms with Crippen LogP contribution in [0, 0.1) is 5.82 Å². The molecule has 106 valence electrons. The highest BCUT2D eigenvalue weighted by atomic mass is 19.1. The number of hydrogen-bond donors (Lipinski definition) is 1. The number of hydrogen-bond acceptors (Lipinski definition) is 4. The zero-order valence-electron chi connectivity index (χ0n) is 11.3. The molecule has 0 fully saturated rings. The molecule has 1 atom stereocenters. The van der Waals surface area contributed by atoms with Gasteiger partial charge in [-0.1, -0.05) is 6.07 Å². The van der Waals surface area contributed by atoms with Gasteiger partial charge in [-0.3, -0.25) is 14.3 Å². The van der Waals surface area contributed by atoms with Crippen molar-refractivity contribution in [2.24, 2.45) is 5.73 Å². The van der Waals surface area contributed by atoms with E-state index in [1.165, 1.54) is 22.9 Å². The highest BCUT2D eigenvalue weighted by molar-refractivity contribution is 5.78. The fourth-order valence-electron chi connectivity index (χ4n) is 2.25. The summed E-state index contributed by atoms with van der Waals surface area (Å²) in [5.41, 5.74) is 6.23. The number of pyridine rings is 1. The van der Waals surface area contributed by atoms with Gasteiger partial charge in [-0.15, -0.1) is 0 Å². The Labute approximate surface area is 119 Å². The lowest BCUT2D eigenvalue weighted by atomic mass is 10.2. The SMILES string of the molecule is CC(N)c1nc2cccc(F)c2c(=O)n1-c1cccnc1. The normalized spacial score (nSPS) is 12.5. The van der Waals surface area contributed by atoms with Gasteiger partial charge in [0.2, 0.25) is 0 Å². The molecule has 0 aliphatic carbocycles. The predicted octanol–water partition coefficient (Wildman–Crippen LogP) is 1.94. The molecule has 3 rings (SSSR count).